The van der Waals surface area contributed by atoms with Crippen molar-refractivity contribution in [1.82, 2.24) is 15.1 Å². The van der Waals surface area contributed by atoms with E-state index >= 15 is 0 Å². The maximum atomic E-state index is 12.3. The maximum Gasteiger partial charge on any atom is 0.320 e. The minimum absolute atomic E-state index is 0.0966. The van der Waals surface area contributed by atoms with Crippen LogP contribution in [0.2, 0.25) is 0 Å². The fourth-order valence-corrected chi connectivity index (χ4v) is 4.00. The summed E-state index contributed by atoms with van der Waals surface area (Å²) < 4.78 is 7.76. The van der Waals surface area contributed by atoms with E-state index in [2.05, 4.69) is 41.0 Å². The number of fused-ring (bicyclic) bond motifs is 1. The topological polar surface area (TPSA) is 68.2 Å². The lowest BCUT2D eigenvalue weighted by Gasteiger charge is -2.29. The summed E-state index contributed by atoms with van der Waals surface area (Å²) in [6, 6.07) is 3.84. The van der Waals surface area contributed by atoms with E-state index in [-0.39, 0.29) is 24.2 Å². The molecule has 2 aromatic rings. The second-order valence-electron chi connectivity index (χ2n) is 6.44. The van der Waals surface area contributed by atoms with E-state index in [0.717, 1.165) is 12.1 Å². The van der Waals surface area contributed by atoms with Crippen LogP contribution in [0.5, 0.6) is 0 Å². The van der Waals surface area contributed by atoms with Gasteiger partial charge in [0.05, 0.1) is 12.6 Å². The number of carbonyl (C=O) groups excluding carboxylic acids is 1. The molecule has 0 bridgehead atoms. The summed E-state index contributed by atoms with van der Waals surface area (Å²) in [5.74, 6) is 0.562. The van der Waals surface area contributed by atoms with Gasteiger partial charge in [-0.15, -0.1) is 11.3 Å². The van der Waals surface area contributed by atoms with Crippen molar-refractivity contribution in [1.29, 1.82) is 0 Å². The van der Waals surface area contributed by atoms with Crippen LogP contribution in [0.1, 0.15) is 49.1 Å². The standard InChI is InChI=1S/C17H24N4O2S/c1-10(2)21-11(3)9-15(20-21)19-17(22)18-12(4)16-13-6-8-24-14(13)5-7-23-16/h6,8-10,12,16H,5,7H2,1-4H3,(H2,18,19,20,22)/t12-,16+/m1/s1. The zero-order valence-corrected chi connectivity index (χ0v) is 15.3. The molecule has 2 amide bonds. The first kappa shape index (κ1) is 17.0. The normalized spacial score (nSPS) is 18.3. The van der Waals surface area contributed by atoms with Gasteiger partial charge in [0.15, 0.2) is 5.82 Å². The van der Waals surface area contributed by atoms with Crippen molar-refractivity contribution in [2.24, 2.45) is 0 Å². The molecule has 0 saturated heterocycles. The first-order chi connectivity index (χ1) is 11.5. The van der Waals surface area contributed by atoms with Crippen molar-refractivity contribution < 1.29 is 9.53 Å². The van der Waals surface area contributed by atoms with Crippen LogP contribution in [-0.2, 0) is 11.2 Å². The van der Waals surface area contributed by atoms with Gasteiger partial charge in [-0.2, -0.15) is 5.10 Å². The third-order valence-corrected chi connectivity index (χ3v) is 5.18. The lowest BCUT2D eigenvalue weighted by atomic mass is 10.0. The molecule has 0 aromatic carbocycles. The average Bonchev–Trinajstić information content (AvgIpc) is 3.12. The van der Waals surface area contributed by atoms with Gasteiger partial charge in [-0.25, -0.2) is 4.79 Å². The summed E-state index contributed by atoms with van der Waals surface area (Å²) in [7, 11) is 0. The van der Waals surface area contributed by atoms with Gasteiger partial charge in [0.25, 0.3) is 0 Å². The monoisotopic (exact) mass is 348 g/mol. The van der Waals surface area contributed by atoms with Crippen LogP contribution in [0, 0.1) is 6.92 Å². The van der Waals surface area contributed by atoms with Crippen LogP contribution in [0.25, 0.3) is 0 Å². The Kier molecular flexibility index (Phi) is 4.91. The molecule has 2 N–H and O–H groups in total. The van der Waals surface area contributed by atoms with Gasteiger partial charge in [-0.3, -0.25) is 10.00 Å². The second-order valence-corrected chi connectivity index (χ2v) is 7.44. The number of hydrogen-bond acceptors (Lipinski definition) is 4. The first-order valence-electron chi connectivity index (χ1n) is 8.27. The molecule has 24 heavy (non-hydrogen) atoms. The maximum absolute atomic E-state index is 12.3. The fraction of sp³-hybridized carbons (Fsp3) is 0.529. The number of urea groups is 1. The first-order valence-corrected chi connectivity index (χ1v) is 9.15. The number of nitrogens with one attached hydrogen (secondary N) is 2. The molecular weight excluding hydrogens is 324 g/mol. The van der Waals surface area contributed by atoms with E-state index in [0.29, 0.717) is 12.4 Å². The molecule has 0 saturated carbocycles. The molecule has 0 spiro atoms. The van der Waals surface area contributed by atoms with Crippen molar-refractivity contribution in [2.75, 3.05) is 11.9 Å². The molecule has 3 heterocycles. The minimum atomic E-state index is -0.262. The summed E-state index contributed by atoms with van der Waals surface area (Å²) in [6.45, 7) is 8.76. The number of rotatable bonds is 4. The molecule has 0 fully saturated rings. The van der Waals surface area contributed by atoms with Crippen molar-refractivity contribution in [3.63, 3.8) is 0 Å². The fourth-order valence-electron chi connectivity index (χ4n) is 3.10. The Morgan fingerprint density at radius 3 is 2.96 bits per heavy atom. The molecule has 7 heteroatoms. The van der Waals surface area contributed by atoms with Gasteiger partial charge in [-0.1, -0.05) is 0 Å². The molecule has 0 radical (unpaired) electrons. The van der Waals surface area contributed by atoms with E-state index in [1.54, 1.807) is 11.3 Å². The van der Waals surface area contributed by atoms with Gasteiger partial charge >= 0.3 is 6.03 Å². The number of nitrogens with zero attached hydrogens (tertiary/aromatic N) is 2. The highest BCUT2D eigenvalue weighted by atomic mass is 32.1. The molecule has 0 unspecified atom stereocenters. The summed E-state index contributed by atoms with van der Waals surface area (Å²) in [5.41, 5.74) is 2.21. The van der Waals surface area contributed by atoms with Crippen LogP contribution < -0.4 is 10.6 Å². The zero-order valence-electron chi connectivity index (χ0n) is 14.5. The Bertz CT molecular complexity index is 722. The van der Waals surface area contributed by atoms with E-state index in [1.165, 1.54) is 10.4 Å². The van der Waals surface area contributed by atoms with Crippen LogP contribution in [-0.4, -0.2) is 28.5 Å². The van der Waals surface area contributed by atoms with E-state index in [1.807, 2.05) is 24.6 Å². The molecule has 0 aliphatic carbocycles. The average molecular weight is 348 g/mol. The lowest BCUT2D eigenvalue weighted by Crippen LogP contribution is -2.41. The molecule has 1 aliphatic heterocycles. The van der Waals surface area contributed by atoms with Crippen LogP contribution in [0.4, 0.5) is 10.6 Å². The SMILES string of the molecule is Cc1cc(NC(=O)N[C@H](C)[C@@H]2OCCc3sccc32)nn1C(C)C. The number of anilines is 1. The van der Waals surface area contributed by atoms with Crippen molar-refractivity contribution in [3.05, 3.63) is 33.6 Å². The Morgan fingerprint density at radius 1 is 1.46 bits per heavy atom. The summed E-state index contributed by atoms with van der Waals surface area (Å²) in [4.78, 5) is 13.6. The number of amides is 2. The predicted octanol–water partition coefficient (Wildman–Crippen LogP) is 3.66. The quantitative estimate of drug-likeness (QED) is 0.886. The lowest BCUT2D eigenvalue weighted by molar-refractivity contribution is 0.0238. The Hall–Kier alpha value is -1.86. The van der Waals surface area contributed by atoms with Crippen molar-refractivity contribution >= 4 is 23.2 Å². The van der Waals surface area contributed by atoms with Crippen LogP contribution in [0.3, 0.4) is 0 Å². The highest BCUT2D eigenvalue weighted by Crippen LogP contribution is 2.33. The smallest absolute Gasteiger partial charge is 0.320 e. The number of carbonyl (C=O) groups is 1. The zero-order chi connectivity index (χ0) is 17.3. The number of aryl methyl sites for hydroxylation is 1. The van der Waals surface area contributed by atoms with Gasteiger partial charge in [0.2, 0.25) is 0 Å². The number of hydrogen-bond donors (Lipinski definition) is 2. The largest absolute Gasteiger partial charge is 0.371 e. The highest BCUT2D eigenvalue weighted by molar-refractivity contribution is 7.10. The highest BCUT2D eigenvalue weighted by Gasteiger charge is 2.28. The molecular formula is C17H24N4O2S. The van der Waals surface area contributed by atoms with Gasteiger partial charge < -0.3 is 10.1 Å². The van der Waals surface area contributed by atoms with Crippen molar-refractivity contribution in [3.8, 4) is 0 Å². The van der Waals surface area contributed by atoms with Gasteiger partial charge in [-0.05, 0) is 44.7 Å². The Balaban J connectivity index is 1.62. The molecule has 3 rings (SSSR count). The summed E-state index contributed by atoms with van der Waals surface area (Å²) >= 11 is 1.75. The summed E-state index contributed by atoms with van der Waals surface area (Å²) in [5, 5.41) is 12.3. The van der Waals surface area contributed by atoms with E-state index < -0.39 is 0 Å². The van der Waals surface area contributed by atoms with E-state index in [4.69, 9.17) is 4.74 Å². The van der Waals surface area contributed by atoms with Gasteiger partial charge in [0.1, 0.15) is 6.10 Å². The van der Waals surface area contributed by atoms with Gasteiger partial charge in [0, 0.05) is 29.1 Å². The molecule has 6 nitrogen and oxygen atoms in total. The minimum Gasteiger partial charge on any atom is -0.371 e. The third kappa shape index (κ3) is 3.47. The second kappa shape index (κ2) is 6.94. The van der Waals surface area contributed by atoms with Crippen LogP contribution >= 0.6 is 11.3 Å². The molecule has 2 atom stereocenters. The molecule has 1 aliphatic rings. The molecule has 2 aromatic heterocycles. The predicted molar refractivity (Wildman–Crippen MR) is 95.7 cm³/mol. The Labute approximate surface area is 146 Å². The molecule has 130 valence electrons. The van der Waals surface area contributed by atoms with Crippen LogP contribution in [0.15, 0.2) is 17.5 Å². The summed E-state index contributed by atoms with van der Waals surface area (Å²) in [6.07, 6.45) is 0.856. The Morgan fingerprint density at radius 2 is 2.25 bits per heavy atom. The third-order valence-electron chi connectivity index (χ3n) is 4.18. The van der Waals surface area contributed by atoms with E-state index in [9.17, 15) is 4.79 Å². The van der Waals surface area contributed by atoms with Crippen molar-refractivity contribution in [2.45, 2.75) is 52.3 Å². The number of aromatic nitrogens is 2. The number of ether oxygens (including phenoxy) is 1. The number of thiophene rings is 1.